The van der Waals surface area contributed by atoms with Crippen LogP contribution in [0.2, 0.25) is 0 Å². The molecule has 11 nitrogen and oxygen atoms in total. The highest BCUT2D eigenvalue weighted by Gasteiger charge is 2.31. The zero-order valence-electron chi connectivity index (χ0n) is 20.6. The molecule has 0 saturated heterocycles. The molecule has 0 fully saturated rings. The highest BCUT2D eigenvalue weighted by molar-refractivity contribution is 6.45. The topological polar surface area (TPSA) is 124 Å². The predicted molar refractivity (Wildman–Crippen MR) is 134 cm³/mol. The second-order valence-electron chi connectivity index (χ2n) is 8.92. The molecule has 0 aliphatic carbocycles. The number of ether oxygens (including phenoxy) is 1. The summed E-state index contributed by atoms with van der Waals surface area (Å²) in [6, 6.07) is 8.13. The number of H-pyrrole nitrogens is 1. The van der Waals surface area contributed by atoms with Crippen molar-refractivity contribution < 1.29 is 14.3 Å². The van der Waals surface area contributed by atoms with Gasteiger partial charge in [-0.3, -0.25) is 9.59 Å². The Hall–Kier alpha value is -4.80. The SMILES string of the molecule is COc1cnc(-n2cnc(C)n2)c2[nH]cc(C(=O)C(=O)N3CCn4c(-c5ccccc5C)cnc4C3)c12. The van der Waals surface area contributed by atoms with Crippen molar-refractivity contribution in [2.75, 3.05) is 13.7 Å². The fraction of sp³-hybridized carbons (Fsp3) is 0.231. The van der Waals surface area contributed by atoms with Crippen LogP contribution in [0.25, 0.3) is 28.0 Å². The summed E-state index contributed by atoms with van der Waals surface area (Å²) in [7, 11) is 1.50. The molecule has 0 bridgehead atoms. The molecule has 11 heteroatoms. The van der Waals surface area contributed by atoms with Gasteiger partial charge in [-0.1, -0.05) is 24.3 Å². The number of aromatic nitrogens is 7. The fourth-order valence-electron chi connectivity index (χ4n) is 4.83. The van der Waals surface area contributed by atoms with Crippen molar-refractivity contribution in [1.82, 2.24) is 39.2 Å². The average Bonchev–Trinajstić information content (AvgIpc) is 3.65. The quantitative estimate of drug-likeness (QED) is 0.293. The van der Waals surface area contributed by atoms with Crippen LogP contribution in [0, 0.1) is 13.8 Å². The number of imidazole rings is 1. The average molecular weight is 497 g/mol. The number of Topliss-reactive ketones (excluding diaryl/α,β-unsaturated/α-hetero) is 1. The van der Waals surface area contributed by atoms with Gasteiger partial charge in [-0.2, -0.15) is 5.10 Å². The Morgan fingerprint density at radius 1 is 1.05 bits per heavy atom. The molecule has 1 N–H and O–H groups in total. The molecule has 1 aliphatic heterocycles. The molecule has 186 valence electrons. The maximum atomic E-state index is 13.5. The maximum Gasteiger partial charge on any atom is 0.295 e. The summed E-state index contributed by atoms with van der Waals surface area (Å²) in [5.74, 6) is 0.935. The third kappa shape index (κ3) is 3.66. The molecule has 1 amide bonds. The van der Waals surface area contributed by atoms with E-state index in [4.69, 9.17) is 4.74 Å². The number of amides is 1. The smallest absolute Gasteiger partial charge is 0.295 e. The molecular formula is C26H24N8O3. The number of carbonyl (C=O) groups excluding carboxylic acids is 2. The summed E-state index contributed by atoms with van der Waals surface area (Å²) < 4.78 is 9.11. The second-order valence-corrected chi connectivity index (χ2v) is 8.92. The van der Waals surface area contributed by atoms with Gasteiger partial charge in [-0.15, -0.1) is 0 Å². The minimum atomic E-state index is -0.629. The van der Waals surface area contributed by atoms with Gasteiger partial charge in [0.1, 0.15) is 23.7 Å². The summed E-state index contributed by atoms with van der Waals surface area (Å²) in [6.07, 6.45) is 6.40. The molecule has 6 rings (SSSR count). The molecule has 0 unspecified atom stereocenters. The summed E-state index contributed by atoms with van der Waals surface area (Å²) >= 11 is 0. The Kier molecular flexibility index (Phi) is 5.32. The van der Waals surface area contributed by atoms with E-state index < -0.39 is 11.7 Å². The Morgan fingerprint density at radius 2 is 1.89 bits per heavy atom. The van der Waals surface area contributed by atoms with E-state index in [1.54, 1.807) is 11.8 Å². The minimum Gasteiger partial charge on any atom is -0.494 e. The summed E-state index contributed by atoms with van der Waals surface area (Å²) in [4.78, 5) is 44.6. The largest absolute Gasteiger partial charge is 0.494 e. The van der Waals surface area contributed by atoms with Crippen LogP contribution in [0.4, 0.5) is 0 Å². The molecule has 0 atom stereocenters. The first-order valence-corrected chi connectivity index (χ1v) is 11.8. The van der Waals surface area contributed by atoms with Crippen LogP contribution in [0.3, 0.4) is 0 Å². The van der Waals surface area contributed by atoms with Crippen LogP contribution >= 0.6 is 0 Å². The van der Waals surface area contributed by atoms with Crippen molar-refractivity contribution in [1.29, 1.82) is 0 Å². The van der Waals surface area contributed by atoms with Gasteiger partial charge in [0, 0.05) is 24.8 Å². The number of pyridine rings is 1. The number of benzene rings is 1. The van der Waals surface area contributed by atoms with Gasteiger partial charge < -0.3 is 19.2 Å². The molecule has 37 heavy (non-hydrogen) atoms. The van der Waals surface area contributed by atoms with Gasteiger partial charge in [-0.05, 0) is 19.4 Å². The van der Waals surface area contributed by atoms with Crippen LogP contribution in [0.5, 0.6) is 5.75 Å². The van der Waals surface area contributed by atoms with E-state index in [2.05, 4.69) is 48.7 Å². The molecule has 4 aromatic heterocycles. The second kappa shape index (κ2) is 8.70. The number of methoxy groups -OCH3 is 1. The third-order valence-electron chi connectivity index (χ3n) is 6.71. The van der Waals surface area contributed by atoms with Gasteiger partial charge in [0.05, 0.1) is 48.2 Å². The zero-order chi connectivity index (χ0) is 25.7. The number of nitrogens with one attached hydrogen (secondary N) is 1. The van der Waals surface area contributed by atoms with Crippen LogP contribution in [0.15, 0.2) is 49.2 Å². The molecule has 0 radical (unpaired) electrons. The van der Waals surface area contributed by atoms with E-state index in [0.29, 0.717) is 41.4 Å². The van der Waals surface area contributed by atoms with Crippen molar-refractivity contribution in [2.24, 2.45) is 0 Å². The van der Waals surface area contributed by atoms with Gasteiger partial charge >= 0.3 is 0 Å². The number of ketones is 1. The number of fused-ring (bicyclic) bond motifs is 2. The summed E-state index contributed by atoms with van der Waals surface area (Å²) in [5, 5.41) is 4.78. The van der Waals surface area contributed by atoms with E-state index in [0.717, 1.165) is 22.6 Å². The van der Waals surface area contributed by atoms with Crippen molar-refractivity contribution in [3.05, 3.63) is 72.0 Å². The lowest BCUT2D eigenvalue weighted by Crippen LogP contribution is -2.42. The molecule has 1 aromatic carbocycles. The van der Waals surface area contributed by atoms with E-state index in [1.165, 1.54) is 30.5 Å². The lowest BCUT2D eigenvalue weighted by Gasteiger charge is -2.28. The molecular weight excluding hydrogens is 472 g/mol. The van der Waals surface area contributed by atoms with Crippen LogP contribution in [-0.4, -0.2) is 64.5 Å². The van der Waals surface area contributed by atoms with E-state index in [9.17, 15) is 9.59 Å². The van der Waals surface area contributed by atoms with Crippen molar-refractivity contribution >= 4 is 22.6 Å². The standard InChI is InChI=1S/C26H24N8O3/c1-15-6-4-5-7-17(15)19-11-27-21-13-32(8-9-33(19)21)26(36)24(35)18-10-28-23-22(18)20(37-3)12-29-25(23)34-14-30-16(2)31-34/h4-7,10-12,14,28H,8-9,13H2,1-3H3. The first-order chi connectivity index (χ1) is 18.0. The van der Waals surface area contributed by atoms with Gasteiger partial charge in [0.2, 0.25) is 0 Å². The summed E-state index contributed by atoms with van der Waals surface area (Å²) in [6.45, 7) is 5.04. The van der Waals surface area contributed by atoms with Crippen LogP contribution in [-0.2, 0) is 17.9 Å². The predicted octanol–water partition coefficient (Wildman–Crippen LogP) is 2.86. The fourth-order valence-corrected chi connectivity index (χ4v) is 4.83. The van der Waals surface area contributed by atoms with Gasteiger partial charge in [-0.25, -0.2) is 19.6 Å². The molecule has 1 aliphatic rings. The molecule has 0 saturated carbocycles. The highest BCUT2D eigenvalue weighted by atomic mass is 16.5. The molecule has 5 aromatic rings. The number of nitrogens with zero attached hydrogens (tertiary/aromatic N) is 7. The third-order valence-corrected chi connectivity index (χ3v) is 6.71. The van der Waals surface area contributed by atoms with Crippen LogP contribution < -0.4 is 4.74 Å². The van der Waals surface area contributed by atoms with E-state index in [1.807, 2.05) is 18.3 Å². The number of aryl methyl sites for hydroxylation is 2. The van der Waals surface area contributed by atoms with Crippen molar-refractivity contribution in [3.8, 4) is 22.8 Å². The number of hydrogen-bond donors (Lipinski definition) is 1. The van der Waals surface area contributed by atoms with E-state index in [-0.39, 0.29) is 12.1 Å². The minimum absolute atomic E-state index is 0.215. The number of carbonyl (C=O) groups is 2. The number of hydrogen-bond acceptors (Lipinski definition) is 7. The Morgan fingerprint density at radius 3 is 2.65 bits per heavy atom. The lowest BCUT2D eigenvalue weighted by atomic mass is 10.1. The molecule has 5 heterocycles. The van der Waals surface area contributed by atoms with Crippen molar-refractivity contribution in [3.63, 3.8) is 0 Å². The number of rotatable bonds is 5. The van der Waals surface area contributed by atoms with E-state index >= 15 is 0 Å². The van der Waals surface area contributed by atoms with Gasteiger partial charge in [0.15, 0.2) is 5.82 Å². The first kappa shape index (κ1) is 22.7. The Balaban J connectivity index is 1.31. The number of aromatic amines is 1. The normalized spacial score (nSPS) is 13.1. The van der Waals surface area contributed by atoms with Crippen LogP contribution in [0.1, 0.15) is 27.6 Å². The Labute approximate surface area is 211 Å². The first-order valence-electron chi connectivity index (χ1n) is 11.8. The zero-order valence-corrected chi connectivity index (χ0v) is 20.6. The maximum absolute atomic E-state index is 13.5. The highest BCUT2D eigenvalue weighted by Crippen LogP contribution is 2.32. The monoisotopic (exact) mass is 496 g/mol. The van der Waals surface area contributed by atoms with Gasteiger partial charge in [0.25, 0.3) is 11.7 Å². The van der Waals surface area contributed by atoms with Crippen molar-refractivity contribution in [2.45, 2.75) is 26.9 Å². The molecule has 0 spiro atoms. The lowest BCUT2D eigenvalue weighted by molar-refractivity contribution is -0.127. The Bertz CT molecular complexity index is 1680. The summed E-state index contributed by atoms with van der Waals surface area (Å²) in [5.41, 5.74) is 4.01.